The van der Waals surface area contributed by atoms with Crippen LogP contribution in [0.15, 0.2) is 11.1 Å². The van der Waals surface area contributed by atoms with Crippen LogP contribution in [0.4, 0.5) is 0 Å². The molecule has 0 rings (SSSR count). The summed E-state index contributed by atoms with van der Waals surface area (Å²) in [5, 5.41) is 3.17. The first kappa shape index (κ1) is 12.2. The smallest absolute Gasteiger partial charge is 0.244 e. The van der Waals surface area contributed by atoms with Crippen LogP contribution in [0.5, 0.6) is 0 Å². The number of hydrogen-bond acceptors (Lipinski definition) is 2. The van der Waals surface area contributed by atoms with Crippen molar-refractivity contribution in [1.29, 1.82) is 0 Å². The van der Waals surface area contributed by atoms with Gasteiger partial charge in [-0.3, -0.25) is 4.79 Å². The number of likely N-dealkylation sites (N-methyl/N-ethyl adjacent to an activating group) is 1. The van der Waals surface area contributed by atoms with Crippen LogP contribution in [0.2, 0.25) is 0 Å². The molecule has 3 heteroatoms. The van der Waals surface area contributed by atoms with Crippen LogP contribution >= 0.6 is 0 Å². The maximum atomic E-state index is 11.0. The lowest BCUT2D eigenvalue weighted by Crippen LogP contribution is -2.29. The maximum absolute atomic E-state index is 11.0. The minimum atomic E-state index is -0.314. The van der Waals surface area contributed by atoms with Crippen molar-refractivity contribution in [3.8, 4) is 0 Å². The molecule has 3 nitrogen and oxygen atoms in total. The van der Waals surface area contributed by atoms with Gasteiger partial charge in [-0.05, 0) is 32.4 Å². The van der Waals surface area contributed by atoms with E-state index in [1.54, 1.807) is 6.92 Å². The zero-order chi connectivity index (χ0) is 10.4. The number of rotatable bonds is 5. The summed E-state index contributed by atoms with van der Waals surface area (Å²) in [4.78, 5) is 11.0. The fourth-order valence-corrected chi connectivity index (χ4v) is 1.56. The highest BCUT2D eigenvalue weighted by molar-refractivity contribution is 5.92. The summed E-state index contributed by atoms with van der Waals surface area (Å²) in [6.07, 6.45) is 1.85. The average molecular weight is 184 g/mol. The molecule has 1 amide bonds. The van der Waals surface area contributed by atoms with E-state index in [1.165, 1.54) is 0 Å². The van der Waals surface area contributed by atoms with Gasteiger partial charge in [-0.1, -0.05) is 13.8 Å². The molecule has 0 heterocycles. The summed E-state index contributed by atoms with van der Waals surface area (Å²) in [7, 11) is 1.90. The summed E-state index contributed by atoms with van der Waals surface area (Å²) in [5.74, 6) is -0.314. The number of carbonyl (C=O) groups is 1. The molecule has 13 heavy (non-hydrogen) atoms. The lowest BCUT2D eigenvalue weighted by Gasteiger charge is -2.18. The molecule has 1 unspecified atom stereocenters. The lowest BCUT2D eigenvalue weighted by atomic mass is 9.97. The van der Waals surface area contributed by atoms with Crippen LogP contribution in [-0.2, 0) is 4.79 Å². The molecule has 1 atom stereocenters. The highest BCUT2D eigenvalue weighted by Crippen LogP contribution is 2.15. The monoisotopic (exact) mass is 184 g/mol. The van der Waals surface area contributed by atoms with Crippen molar-refractivity contribution in [3.05, 3.63) is 11.1 Å². The Morgan fingerprint density at radius 1 is 1.46 bits per heavy atom. The minimum absolute atomic E-state index is 0.275. The number of carbonyl (C=O) groups excluding carboxylic acids is 1. The molecule has 0 radical (unpaired) electrons. The first-order valence-corrected chi connectivity index (χ1v) is 4.75. The number of nitrogens with one attached hydrogen (secondary N) is 1. The van der Waals surface area contributed by atoms with Crippen molar-refractivity contribution in [2.45, 2.75) is 39.7 Å². The van der Waals surface area contributed by atoms with Crippen LogP contribution in [0, 0.1) is 0 Å². The summed E-state index contributed by atoms with van der Waals surface area (Å²) < 4.78 is 0. The Bertz CT molecular complexity index is 205. The van der Waals surface area contributed by atoms with E-state index >= 15 is 0 Å². The maximum Gasteiger partial charge on any atom is 0.244 e. The average Bonchev–Trinajstić information content (AvgIpc) is 2.12. The van der Waals surface area contributed by atoms with Crippen LogP contribution in [0.25, 0.3) is 0 Å². The van der Waals surface area contributed by atoms with Crippen molar-refractivity contribution < 1.29 is 4.79 Å². The van der Waals surface area contributed by atoms with E-state index in [2.05, 4.69) is 12.2 Å². The second kappa shape index (κ2) is 5.75. The van der Waals surface area contributed by atoms with E-state index in [-0.39, 0.29) is 11.9 Å². The quantitative estimate of drug-likeness (QED) is 0.631. The molecule has 0 aromatic carbocycles. The summed E-state index contributed by atoms with van der Waals surface area (Å²) in [6, 6.07) is 0.275. The zero-order valence-corrected chi connectivity index (χ0v) is 8.98. The molecular weight excluding hydrogens is 164 g/mol. The second-order valence-corrected chi connectivity index (χ2v) is 3.12. The van der Waals surface area contributed by atoms with Crippen molar-refractivity contribution in [2.24, 2.45) is 5.73 Å². The van der Waals surface area contributed by atoms with Gasteiger partial charge in [0.25, 0.3) is 0 Å². The number of amides is 1. The Labute approximate surface area is 80.4 Å². The molecule has 3 N–H and O–H groups in total. The predicted molar refractivity (Wildman–Crippen MR) is 55.3 cm³/mol. The standard InChI is InChI=1S/C10H20N2O/c1-5-8(7(3)10(11)13)9(6-2)12-4/h9,12H,5-6H2,1-4H3,(H2,11,13)/b8-7-. The number of nitrogens with two attached hydrogens (primary N) is 1. The Hall–Kier alpha value is -0.830. The van der Waals surface area contributed by atoms with Crippen LogP contribution < -0.4 is 11.1 Å². The lowest BCUT2D eigenvalue weighted by molar-refractivity contribution is -0.114. The molecule has 0 saturated heterocycles. The summed E-state index contributed by atoms with van der Waals surface area (Å²) >= 11 is 0. The van der Waals surface area contributed by atoms with Crippen LogP contribution in [0.3, 0.4) is 0 Å². The van der Waals surface area contributed by atoms with Gasteiger partial charge in [0.05, 0.1) is 0 Å². The molecule has 0 aromatic rings. The molecule has 0 fully saturated rings. The fourth-order valence-electron chi connectivity index (χ4n) is 1.56. The van der Waals surface area contributed by atoms with E-state index in [1.807, 2.05) is 14.0 Å². The van der Waals surface area contributed by atoms with E-state index in [0.717, 1.165) is 18.4 Å². The predicted octanol–water partition coefficient (Wildman–Crippen LogP) is 1.20. The summed E-state index contributed by atoms with van der Waals surface area (Å²) in [5.41, 5.74) is 7.06. The van der Waals surface area contributed by atoms with E-state index in [9.17, 15) is 4.79 Å². The molecule has 0 aromatic heterocycles. The van der Waals surface area contributed by atoms with E-state index in [0.29, 0.717) is 5.57 Å². The Kier molecular flexibility index (Phi) is 5.39. The molecule has 76 valence electrons. The largest absolute Gasteiger partial charge is 0.366 e. The third-order valence-corrected chi connectivity index (χ3v) is 2.41. The van der Waals surface area contributed by atoms with Gasteiger partial charge < -0.3 is 11.1 Å². The van der Waals surface area contributed by atoms with Gasteiger partial charge in [-0.25, -0.2) is 0 Å². The topological polar surface area (TPSA) is 55.1 Å². The number of primary amides is 1. The fraction of sp³-hybridized carbons (Fsp3) is 0.700. The minimum Gasteiger partial charge on any atom is -0.366 e. The molecule has 0 spiro atoms. The second-order valence-electron chi connectivity index (χ2n) is 3.12. The van der Waals surface area contributed by atoms with E-state index < -0.39 is 0 Å². The number of hydrogen-bond donors (Lipinski definition) is 2. The summed E-state index contributed by atoms with van der Waals surface area (Å²) in [6.45, 7) is 5.92. The molecule has 0 bridgehead atoms. The van der Waals surface area contributed by atoms with Crippen molar-refractivity contribution in [1.82, 2.24) is 5.32 Å². The van der Waals surface area contributed by atoms with Crippen molar-refractivity contribution >= 4 is 5.91 Å². The molecule has 0 aliphatic carbocycles. The Morgan fingerprint density at radius 3 is 2.23 bits per heavy atom. The first-order chi connectivity index (χ1) is 6.08. The third kappa shape index (κ3) is 3.19. The van der Waals surface area contributed by atoms with Gasteiger partial charge in [0.15, 0.2) is 0 Å². The molecule has 0 aliphatic rings. The highest BCUT2D eigenvalue weighted by Gasteiger charge is 2.13. The van der Waals surface area contributed by atoms with Gasteiger partial charge >= 0.3 is 0 Å². The normalized spacial score (nSPS) is 15.1. The van der Waals surface area contributed by atoms with E-state index in [4.69, 9.17) is 5.73 Å². The zero-order valence-electron chi connectivity index (χ0n) is 8.98. The van der Waals surface area contributed by atoms with Crippen LogP contribution in [-0.4, -0.2) is 19.0 Å². The van der Waals surface area contributed by atoms with Gasteiger partial charge in [-0.2, -0.15) is 0 Å². The van der Waals surface area contributed by atoms with Crippen molar-refractivity contribution in [2.75, 3.05) is 7.05 Å². The van der Waals surface area contributed by atoms with Crippen molar-refractivity contribution in [3.63, 3.8) is 0 Å². The molecular formula is C10H20N2O. The highest BCUT2D eigenvalue weighted by atomic mass is 16.1. The third-order valence-electron chi connectivity index (χ3n) is 2.41. The SMILES string of the molecule is CC/C(=C(\C)C(N)=O)C(CC)NC. The van der Waals surface area contributed by atoms with Gasteiger partial charge in [0.2, 0.25) is 5.91 Å². The van der Waals surface area contributed by atoms with Gasteiger partial charge in [0, 0.05) is 11.6 Å². The molecule has 0 saturated carbocycles. The Balaban J connectivity index is 4.84. The Morgan fingerprint density at radius 2 is 2.00 bits per heavy atom. The van der Waals surface area contributed by atoms with Gasteiger partial charge in [-0.15, -0.1) is 0 Å². The molecule has 0 aliphatic heterocycles. The van der Waals surface area contributed by atoms with Crippen LogP contribution in [0.1, 0.15) is 33.6 Å². The first-order valence-electron chi connectivity index (χ1n) is 4.75. The van der Waals surface area contributed by atoms with Gasteiger partial charge in [0.1, 0.15) is 0 Å².